The van der Waals surface area contributed by atoms with E-state index < -0.39 is 5.91 Å². The zero-order chi connectivity index (χ0) is 20.2. The number of nitrogens with one attached hydrogen (secondary N) is 2. The number of furan rings is 1. The van der Waals surface area contributed by atoms with Crippen LogP contribution in [0.2, 0.25) is 0 Å². The third kappa shape index (κ3) is 3.96. The molecule has 0 unspecified atom stereocenters. The molecule has 144 valence electrons. The Morgan fingerprint density at radius 1 is 0.828 bits per heavy atom. The van der Waals surface area contributed by atoms with E-state index in [9.17, 15) is 9.59 Å². The lowest BCUT2D eigenvalue weighted by Crippen LogP contribution is -2.18. The van der Waals surface area contributed by atoms with Crippen LogP contribution in [0.25, 0.3) is 11.0 Å². The van der Waals surface area contributed by atoms with Crippen LogP contribution in [0.15, 0.2) is 83.3 Å². The number of anilines is 2. The first-order chi connectivity index (χ1) is 14.1. The van der Waals surface area contributed by atoms with Gasteiger partial charge in [-0.05, 0) is 36.4 Å². The molecular weight excluding hydrogens is 368 g/mol. The zero-order valence-corrected chi connectivity index (χ0v) is 15.6. The normalized spacial score (nSPS) is 10.5. The largest absolute Gasteiger partial charge is 0.497 e. The predicted molar refractivity (Wildman–Crippen MR) is 112 cm³/mol. The molecule has 0 aliphatic carbocycles. The summed E-state index contributed by atoms with van der Waals surface area (Å²) in [5.74, 6) is 0.0325. The van der Waals surface area contributed by atoms with E-state index in [1.807, 2.05) is 18.2 Å². The van der Waals surface area contributed by atoms with Crippen molar-refractivity contribution in [1.82, 2.24) is 0 Å². The molecule has 0 spiro atoms. The van der Waals surface area contributed by atoms with E-state index in [2.05, 4.69) is 10.6 Å². The Morgan fingerprint density at radius 3 is 2.45 bits per heavy atom. The van der Waals surface area contributed by atoms with Crippen molar-refractivity contribution >= 4 is 34.2 Å². The lowest BCUT2D eigenvalue weighted by atomic mass is 10.1. The van der Waals surface area contributed by atoms with Crippen LogP contribution < -0.4 is 15.4 Å². The first-order valence-corrected chi connectivity index (χ1v) is 8.98. The Bertz CT molecular complexity index is 1160. The van der Waals surface area contributed by atoms with Crippen molar-refractivity contribution in [3.63, 3.8) is 0 Å². The molecule has 0 saturated carbocycles. The zero-order valence-electron chi connectivity index (χ0n) is 15.6. The number of para-hydroxylation sites is 2. The molecule has 6 nitrogen and oxygen atoms in total. The average Bonchev–Trinajstić information content (AvgIpc) is 3.19. The fraction of sp³-hybridized carbons (Fsp3) is 0.0435. The molecule has 0 atom stereocenters. The number of carbonyl (C=O) groups is 2. The molecule has 4 rings (SSSR count). The van der Waals surface area contributed by atoms with Crippen LogP contribution in [0, 0.1) is 0 Å². The summed E-state index contributed by atoms with van der Waals surface area (Å²) in [6.07, 6.45) is 0. The molecule has 1 aromatic heterocycles. The Morgan fingerprint density at radius 2 is 1.62 bits per heavy atom. The average molecular weight is 386 g/mol. The van der Waals surface area contributed by atoms with E-state index in [0.29, 0.717) is 28.3 Å². The molecule has 0 saturated heterocycles. The van der Waals surface area contributed by atoms with Crippen molar-refractivity contribution in [2.24, 2.45) is 0 Å². The summed E-state index contributed by atoms with van der Waals surface area (Å²) in [4.78, 5) is 25.4. The maximum Gasteiger partial charge on any atom is 0.291 e. The maximum absolute atomic E-state index is 12.8. The number of carbonyl (C=O) groups excluding carboxylic acids is 2. The summed E-state index contributed by atoms with van der Waals surface area (Å²) in [6, 6.07) is 22.9. The topological polar surface area (TPSA) is 80.6 Å². The SMILES string of the molecule is COc1cccc(NC(=O)c2ccccc2NC(=O)c2cc3ccccc3o2)c1. The summed E-state index contributed by atoms with van der Waals surface area (Å²) in [6.45, 7) is 0. The molecule has 0 aliphatic heterocycles. The van der Waals surface area contributed by atoms with Crippen LogP contribution in [-0.4, -0.2) is 18.9 Å². The molecule has 2 N–H and O–H groups in total. The smallest absolute Gasteiger partial charge is 0.291 e. The van der Waals surface area contributed by atoms with Crippen LogP contribution in [-0.2, 0) is 0 Å². The van der Waals surface area contributed by atoms with Gasteiger partial charge in [0.25, 0.3) is 11.8 Å². The molecule has 29 heavy (non-hydrogen) atoms. The van der Waals surface area contributed by atoms with Gasteiger partial charge < -0.3 is 19.8 Å². The van der Waals surface area contributed by atoms with Crippen LogP contribution in [0.3, 0.4) is 0 Å². The summed E-state index contributed by atoms with van der Waals surface area (Å²) in [5, 5.41) is 6.41. The molecule has 1 heterocycles. The standard InChI is InChI=1S/C23H18N2O4/c1-28-17-9-6-8-16(14-17)24-22(26)18-10-3-4-11-19(18)25-23(27)21-13-15-7-2-5-12-20(15)29-21/h2-14H,1H3,(H,24,26)(H,25,27). The van der Waals surface area contributed by atoms with E-state index in [1.165, 1.54) is 0 Å². The van der Waals surface area contributed by atoms with Crippen molar-refractivity contribution in [3.8, 4) is 5.75 Å². The highest BCUT2D eigenvalue weighted by Crippen LogP contribution is 2.23. The quantitative estimate of drug-likeness (QED) is 0.509. The minimum Gasteiger partial charge on any atom is -0.497 e. The van der Waals surface area contributed by atoms with Crippen molar-refractivity contribution in [2.45, 2.75) is 0 Å². The molecule has 4 aromatic rings. The Balaban J connectivity index is 1.55. The molecule has 0 bridgehead atoms. The highest BCUT2D eigenvalue weighted by Gasteiger charge is 2.17. The second kappa shape index (κ2) is 7.90. The molecule has 0 radical (unpaired) electrons. The van der Waals surface area contributed by atoms with Gasteiger partial charge in [0, 0.05) is 17.1 Å². The van der Waals surface area contributed by atoms with Gasteiger partial charge in [-0.2, -0.15) is 0 Å². The second-order valence-corrected chi connectivity index (χ2v) is 6.33. The minimum atomic E-state index is -0.428. The highest BCUT2D eigenvalue weighted by molar-refractivity contribution is 6.12. The van der Waals surface area contributed by atoms with Crippen molar-refractivity contribution < 1.29 is 18.7 Å². The van der Waals surface area contributed by atoms with Gasteiger partial charge in [0.15, 0.2) is 5.76 Å². The van der Waals surface area contributed by atoms with Gasteiger partial charge in [0.1, 0.15) is 11.3 Å². The van der Waals surface area contributed by atoms with Gasteiger partial charge in [-0.3, -0.25) is 9.59 Å². The van der Waals surface area contributed by atoms with Crippen molar-refractivity contribution in [3.05, 3.63) is 90.2 Å². The number of amides is 2. The molecule has 3 aromatic carbocycles. The summed E-state index contributed by atoms with van der Waals surface area (Å²) in [5.41, 5.74) is 1.94. The van der Waals surface area contributed by atoms with Crippen LogP contribution in [0.1, 0.15) is 20.9 Å². The minimum absolute atomic E-state index is 0.175. The number of hydrogen-bond acceptors (Lipinski definition) is 4. The third-order valence-corrected chi connectivity index (χ3v) is 4.40. The number of methoxy groups -OCH3 is 1. The van der Waals surface area contributed by atoms with Gasteiger partial charge in [0.2, 0.25) is 0 Å². The van der Waals surface area contributed by atoms with Crippen molar-refractivity contribution in [1.29, 1.82) is 0 Å². The van der Waals surface area contributed by atoms with E-state index in [4.69, 9.17) is 9.15 Å². The van der Waals surface area contributed by atoms with Gasteiger partial charge in [-0.1, -0.05) is 36.4 Å². The fourth-order valence-corrected chi connectivity index (χ4v) is 2.97. The van der Waals surface area contributed by atoms with Crippen LogP contribution >= 0.6 is 0 Å². The fourth-order valence-electron chi connectivity index (χ4n) is 2.97. The number of hydrogen-bond donors (Lipinski definition) is 2. The Kier molecular flexibility index (Phi) is 4.99. The molecule has 6 heteroatoms. The lowest BCUT2D eigenvalue weighted by molar-refractivity contribution is 0.0998. The summed E-state index contributed by atoms with van der Waals surface area (Å²) in [7, 11) is 1.56. The van der Waals surface area contributed by atoms with E-state index >= 15 is 0 Å². The number of ether oxygens (including phenoxy) is 1. The predicted octanol–water partition coefficient (Wildman–Crippen LogP) is 4.95. The van der Waals surface area contributed by atoms with E-state index in [1.54, 1.807) is 67.8 Å². The summed E-state index contributed by atoms with van der Waals surface area (Å²) >= 11 is 0. The molecule has 2 amide bonds. The monoisotopic (exact) mass is 386 g/mol. The molecular formula is C23H18N2O4. The maximum atomic E-state index is 12.8. The van der Waals surface area contributed by atoms with Gasteiger partial charge in [0.05, 0.1) is 18.4 Å². The Hall–Kier alpha value is -4.06. The molecule has 0 aliphatic rings. The second-order valence-electron chi connectivity index (χ2n) is 6.33. The number of fused-ring (bicyclic) bond motifs is 1. The van der Waals surface area contributed by atoms with Crippen LogP contribution in [0.4, 0.5) is 11.4 Å². The first-order valence-electron chi connectivity index (χ1n) is 8.98. The number of rotatable bonds is 5. The Labute approximate surface area is 167 Å². The van der Waals surface area contributed by atoms with Gasteiger partial charge in [-0.15, -0.1) is 0 Å². The van der Waals surface area contributed by atoms with E-state index in [-0.39, 0.29) is 11.7 Å². The summed E-state index contributed by atoms with van der Waals surface area (Å²) < 4.78 is 10.8. The van der Waals surface area contributed by atoms with Crippen LogP contribution in [0.5, 0.6) is 5.75 Å². The third-order valence-electron chi connectivity index (χ3n) is 4.40. The molecule has 0 fully saturated rings. The first kappa shape index (κ1) is 18.3. The van der Waals surface area contributed by atoms with Gasteiger partial charge in [-0.25, -0.2) is 0 Å². The number of benzene rings is 3. The van der Waals surface area contributed by atoms with Crippen molar-refractivity contribution in [2.75, 3.05) is 17.7 Å². The lowest BCUT2D eigenvalue weighted by Gasteiger charge is -2.11. The highest BCUT2D eigenvalue weighted by atomic mass is 16.5. The van der Waals surface area contributed by atoms with E-state index in [0.717, 1.165) is 5.39 Å². The van der Waals surface area contributed by atoms with Gasteiger partial charge >= 0.3 is 0 Å².